The van der Waals surface area contributed by atoms with Crippen molar-refractivity contribution in [3.63, 3.8) is 0 Å². The Kier molecular flexibility index (Phi) is 6.72. The third kappa shape index (κ3) is 4.59. The van der Waals surface area contributed by atoms with Crippen molar-refractivity contribution < 1.29 is 0 Å². The lowest BCUT2D eigenvalue weighted by Crippen LogP contribution is -2.48. The van der Waals surface area contributed by atoms with Crippen molar-refractivity contribution in [2.24, 2.45) is 0 Å². The maximum absolute atomic E-state index is 5.20. The normalized spacial score (nSPS) is 19.6. The zero-order valence-corrected chi connectivity index (χ0v) is 19.5. The van der Waals surface area contributed by atoms with Crippen LogP contribution in [0.5, 0.6) is 0 Å². The highest BCUT2D eigenvalue weighted by Crippen LogP contribution is 2.40. The smallest absolute Gasteiger partial charge is 0.141 e. The second-order valence-electron chi connectivity index (χ2n) is 9.09. The summed E-state index contributed by atoms with van der Waals surface area (Å²) in [5, 5.41) is 1.39. The quantitative estimate of drug-likeness (QED) is 0.662. The van der Waals surface area contributed by atoms with Crippen molar-refractivity contribution in [3.05, 3.63) is 16.3 Å². The number of aryl methyl sites for hydroxylation is 2. The Morgan fingerprint density at radius 2 is 1.79 bits per heavy atom. The molecule has 2 aliphatic rings. The Hall–Kier alpha value is -1.24. The lowest BCUT2D eigenvalue weighted by molar-refractivity contribution is 0.229. The number of fused-ring (bicyclic) bond motifs is 3. The van der Waals surface area contributed by atoms with Gasteiger partial charge in [-0.05, 0) is 51.8 Å². The van der Waals surface area contributed by atoms with E-state index in [4.69, 9.17) is 9.97 Å². The molecule has 0 radical (unpaired) electrons. The number of rotatable bonds is 6. The van der Waals surface area contributed by atoms with E-state index in [1.165, 1.54) is 48.1 Å². The van der Waals surface area contributed by atoms with E-state index in [9.17, 15) is 0 Å². The zero-order chi connectivity index (χ0) is 20.4. The van der Waals surface area contributed by atoms with E-state index >= 15 is 0 Å². The highest BCUT2D eigenvalue weighted by atomic mass is 32.1. The van der Waals surface area contributed by atoms with Crippen LogP contribution in [-0.4, -0.2) is 73.1 Å². The number of hydrogen-bond acceptors (Lipinski definition) is 6. The summed E-state index contributed by atoms with van der Waals surface area (Å²) in [4.78, 5) is 20.5. The number of hydrogen-bond donors (Lipinski definition) is 0. The fraction of sp³-hybridized carbons (Fsp3) is 0.739. The maximum atomic E-state index is 5.20. The van der Waals surface area contributed by atoms with Gasteiger partial charge in [0.05, 0.1) is 5.39 Å². The van der Waals surface area contributed by atoms with Crippen molar-refractivity contribution in [2.75, 3.05) is 58.3 Å². The van der Waals surface area contributed by atoms with Crippen LogP contribution in [0.3, 0.4) is 0 Å². The highest BCUT2D eigenvalue weighted by Gasteiger charge is 2.26. The van der Waals surface area contributed by atoms with Gasteiger partial charge in [0.2, 0.25) is 0 Å². The molecule has 1 aliphatic heterocycles. The van der Waals surface area contributed by atoms with Crippen molar-refractivity contribution in [1.29, 1.82) is 0 Å². The van der Waals surface area contributed by atoms with E-state index < -0.39 is 0 Å². The molecule has 0 amide bonds. The summed E-state index contributed by atoms with van der Waals surface area (Å²) in [7, 11) is 4.32. The molecular formula is C23H37N5S. The number of piperazine rings is 1. The van der Waals surface area contributed by atoms with Crippen LogP contribution in [0.15, 0.2) is 0 Å². The maximum Gasteiger partial charge on any atom is 0.141 e. The molecule has 1 aliphatic carbocycles. The average Bonchev–Trinajstić information content (AvgIpc) is 2.92. The molecule has 5 nitrogen and oxygen atoms in total. The van der Waals surface area contributed by atoms with Crippen LogP contribution in [0.2, 0.25) is 0 Å². The molecule has 1 saturated heterocycles. The molecule has 0 aromatic carbocycles. The molecule has 3 heterocycles. The Morgan fingerprint density at radius 3 is 2.52 bits per heavy atom. The van der Waals surface area contributed by atoms with E-state index in [0.29, 0.717) is 5.92 Å². The number of anilines is 1. The van der Waals surface area contributed by atoms with Crippen LogP contribution in [-0.2, 0) is 12.8 Å². The van der Waals surface area contributed by atoms with Crippen molar-refractivity contribution >= 4 is 27.4 Å². The second-order valence-corrected chi connectivity index (χ2v) is 10.2. The Bertz CT molecular complexity index is 822. The van der Waals surface area contributed by atoms with Gasteiger partial charge in [0.1, 0.15) is 16.5 Å². The van der Waals surface area contributed by atoms with Crippen molar-refractivity contribution in [1.82, 2.24) is 19.8 Å². The lowest BCUT2D eigenvalue weighted by atomic mass is 10.1. The summed E-state index contributed by atoms with van der Waals surface area (Å²) in [6.07, 6.45) is 7.52. The largest absolute Gasteiger partial charge is 0.353 e. The van der Waals surface area contributed by atoms with E-state index in [1.807, 2.05) is 11.3 Å². The predicted molar refractivity (Wildman–Crippen MR) is 125 cm³/mol. The molecule has 1 unspecified atom stereocenters. The minimum atomic E-state index is 0.418. The minimum absolute atomic E-state index is 0.418. The zero-order valence-electron chi connectivity index (χ0n) is 18.7. The first-order chi connectivity index (χ1) is 14.1. The van der Waals surface area contributed by atoms with Gasteiger partial charge in [0, 0.05) is 50.1 Å². The number of aromatic nitrogens is 2. The van der Waals surface area contributed by atoms with Crippen LogP contribution in [0, 0.1) is 0 Å². The fourth-order valence-corrected chi connectivity index (χ4v) is 5.75. The summed E-state index contributed by atoms with van der Waals surface area (Å²) < 4.78 is 0. The van der Waals surface area contributed by atoms with Gasteiger partial charge in [-0.15, -0.1) is 11.3 Å². The highest BCUT2D eigenvalue weighted by molar-refractivity contribution is 7.19. The Labute approximate surface area is 180 Å². The second kappa shape index (κ2) is 9.27. The standard InChI is InChI=1S/C23H37N5S/c1-5-17(2)21-24-22(28-15-13-27(14-16-28)12-11-26(3)4)20-18-9-7-6-8-10-19(18)29-23(20)25-21/h17H,5-16H2,1-4H3. The molecule has 29 heavy (non-hydrogen) atoms. The summed E-state index contributed by atoms with van der Waals surface area (Å²) in [5.74, 6) is 2.69. The summed E-state index contributed by atoms with van der Waals surface area (Å²) in [6.45, 7) is 11.2. The number of likely N-dealkylation sites (N-methyl/N-ethyl adjacent to an activating group) is 1. The lowest BCUT2D eigenvalue weighted by Gasteiger charge is -2.36. The van der Waals surface area contributed by atoms with Gasteiger partial charge >= 0.3 is 0 Å². The van der Waals surface area contributed by atoms with Crippen molar-refractivity contribution in [3.8, 4) is 0 Å². The van der Waals surface area contributed by atoms with Gasteiger partial charge < -0.3 is 9.80 Å². The molecule has 4 rings (SSSR count). The van der Waals surface area contributed by atoms with Gasteiger partial charge in [-0.1, -0.05) is 20.3 Å². The fourth-order valence-electron chi connectivity index (χ4n) is 4.49. The molecule has 1 atom stereocenters. The monoisotopic (exact) mass is 415 g/mol. The van der Waals surface area contributed by atoms with Crippen molar-refractivity contribution in [2.45, 2.75) is 58.3 Å². The van der Waals surface area contributed by atoms with E-state index in [2.05, 4.69) is 42.6 Å². The Morgan fingerprint density at radius 1 is 1.03 bits per heavy atom. The SMILES string of the molecule is CCC(C)c1nc(N2CCN(CCN(C)C)CC2)c2c3c(sc2n1)CCCCC3. The summed E-state index contributed by atoms with van der Waals surface area (Å²) >= 11 is 1.95. The summed E-state index contributed by atoms with van der Waals surface area (Å²) in [6, 6.07) is 0. The molecule has 0 spiro atoms. The first-order valence-electron chi connectivity index (χ1n) is 11.5. The molecule has 0 bridgehead atoms. The van der Waals surface area contributed by atoms with Gasteiger partial charge in [-0.25, -0.2) is 9.97 Å². The topological polar surface area (TPSA) is 35.5 Å². The van der Waals surface area contributed by atoms with Crippen LogP contribution in [0.1, 0.15) is 61.7 Å². The van der Waals surface area contributed by atoms with Crippen LogP contribution in [0.4, 0.5) is 5.82 Å². The molecule has 0 saturated carbocycles. The molecule has 2 aromatic heterocycles. The van der Waals surface area contributed by atoms with E-state index in [1.54, 1.807) is 10.4 Å². The Balaban J connectivity index is 1.66. The molecule has 0 N–H and O–H groups in total. The van der Waals surface area contributed by atoms with E-state index in [0.717, 1.165) is 51.5 Å². The summed E-state index contributed by atoms with van der Waals surface area (Å²) in [5.41, 5.74) is 1.57. The molecule has 1 fully saturated rings. The van der Waals surface area contributed by atoms with Gasteiger partial charge in [0.25, 0.3) is 0 Å². The van der Waals surface area contributed by atoms with Gasteiger partial charge in [0.15, 0.2) is 0 Å². The van der Waals surface area contributed by atoms with Crippen LogP contribution in [0.25, 0.3) is 10.2 Å². The van der Waals surface area contributed by atoms with Gasteiger partial charge in [-0.3, -0.25) is 4.90 Å². The van der Waals surface area contributed by atoms with E-state index in [-0.39, 0.29) is 0 Å². The molecular weight excluding hydrogens is 378 g/mol. The average molecular weight is 416 g/mol. The minimum Gasteiger partial charge on any atom is -0.353 e. The molecule has 160 valence electrons. The first-order valence-corrected chi connectivity index (χ1v) is 12.3. The van der Waals surface area contributed by atoms with Gasteiger partial charge in [-0.2, -0.15) is 0 Å². The first kappa shape index (κ1) is 21.0. The molecule has 2 aromatic rings. The third-order valence-electron chi connectivity index (χ3n) is 6.65. The number of thiophene rings is 1. The predicted octanol–water partition coefficient (Wildman–Crippen LogP) is 4.16. The van der Waals surface area contributed by atoms with Crippen LogP contribution >= 0.6 is 11.3 Å². The molecule has 6 heteroatoms. The van der Waals surface area contributed by atoms with Crippen LogP contribution < -0.4 is 4.90 Å². The third-order valence-corrected chi connectivity index (χ3v) is 7.84. The number of nitrogens with zero attached hydrogens (tertiary/aromatic N) is 5.